The van der Waals surface area contributed by atoms with Gasteiger partial charge in [0.2, 0.25) is 5.91 Å². The Bertz CT molecular complexity index is 252. The van der Waals surface area contributed by atoms with E-state index in [0.29, 0.717) is 18.5 Å². The molecule has 21 heavy (non-hydrogen) atoms. The van der Waals surface area contributed by atoms with Crippen molar-refractivity contribution >= 4 is 5.91 Å². The maximum atomic E-state index is 12.2. The normalized spacial score (nSPS) is 15.7. The standard InChI is InChI=1S/C18H36N2O/c1-3-5-8-12-17(13-9-6-4-2)19-16-18(21)20-14-10-7-11-15-20/h17,19H,3-16H2,1-2H3. The average Bonchev–Trinajstić information content (AvgIpc) is 2.53. The van der Waals surface area contributed by atoms with Gasteiger partial charge in [-0.15, -0.1) is 0 Å². The monoisotopic (exact) mass is 296 g/mol. The fourth-order valence-corrected chi connectivity index (χ4v) is 3.12. The topological polar surface area (TPSA) is 32.3 Å². The van der Waals surface area contributed by atoms with Crippen LogP contribution in [0.4, 0.5) is 0 Å². The average molecular weight is 296 g/mol. The number of nitrogens with one attached hydrogen (secondary N) is 1. The first-order valence-corrected chi connectivity index (χ1v) is 9.29. The molecule has 0 unspecified atom stereocenters. The summed E-state index contributed by atoms with van der Waals surface area (Å²) in [7, 11) is 0. The van der Waals surface area contributed by atoms with Gasteiger partial charge in [0.1, 0.15) is 0 Å². The third-order valence-electron chi connectivity index (χ3n) is 4.56. The molecule has 3 nitrogen and oxygen atoms in total. The molecule has 1 aliphatic heterocycles. The highest BCUT2D eigenvalue weighted by molar-refractivity contribution is 5.78. The van der Waals surface area contributed by atoms with Crippen molar-refractivity contribution in [2.45, 2.75) is 90.5 Å². The molecule has 0 saturated carbocycles. The molecule has 1 N–H and O–H groups in total. The van der Waals surface area contributed by atoms with Crippen molar-refractivity contribution in [1.29, 1.82) is 0 Å². The fourth-order valence-electron chi connectivity index (χ4n) is 3.12. The van der Waals surface area contributed by atoms with Crippen molar-refractivity contribution in [2.24, 2.45) is 0 Å². The number of rotatable bonds is 11. The molecule has 1 amide bonds. The summed E-state index contributed by atoms with van der Waals surface area (Å²) in [5, 5.41) is 3.54. The van der Waals surface area contributed by atoms with Crippen LogP contribution < -0.4 is 5.32 Å². The van der Waals surface area contributed by atoms with Gasteiger partial charge in [-0.3, -0.25) is 4.79 Å². The summed E-state index contributed by atoms with van der Waals surface area (Å²) in [6.45, 7) is 6.98. The minimum Gasteiger partial charge on any atom is -0.342 e. The maximum Gasteiger partial charge on any atom is 0.236 e. The van der Waals surface area contributed by atoms with E-state index in [1.54, 1.807) is 0 Å². The van der Waals surface area contributed by atoms with Crippen LogP contribution in [0.25, 0.3) is 0 Å². The molecule has 0 aromatic rings. The van der Waals surface area contributed by atoms with Gasteiger partial charge < -0.3 is 10.2 Å². The van der Waals surface area contributed by atoms with Crippen molar-refractivity contribution in [1.82, 2.24) is 10.2 Å². The second kappa shape index (κ2) is 12.0. The Morgan fingerprint density at radius 3 is 2.05 bits per heavy atom. The first-order valence-electron chi connectivity index (χ1n) is 9.29. The van der Waals surface area contributed by atoms with Gasteiger partial charge in [0.05, 0.1) is 6.54 Å². The molecule has 0 atom stereocenters. The largest absolute Gasteiger partial charge is 0.342 e. The van der Waals surface area contributed by atoms with E-state index >= 15 is 0 Å². The van der Waals surface area contributed by atoms with Crippen LogP contribution >= 0.6 is 0 Å². The SMILES string of the molecule is CCCCCC(CCCCC)NCC(=O)N1CCCCC1. The maximum absolute atomic E-state index is 12.2. The minimum absolute atomic E-state index is 0.311. The van der Waals surface area contributed by atoms with Gasteiger partial charge in [-0.2, -0.15) is 0 Å². The number of carbonyl (C=O) groups excluding carboxylic acids is 1. The summed E-state index contributed by atoms with van der Waals surface area (Å²) in [6.07, 6.45) is 13.9. The van der Waals surface area contributed by atoms with E-state index < -0.39 is 0 Å². The molecule has 0 aromatic carbocycles. The number of hydrogen-bond donors (Lipinski definition) is 1. The lowest BCUT2D eigenvalue weighted by atomic mass is 10.0. The molecule has 0 aliphatic carbocycles. The Balaban J connectivity index is 2.26. The van der Waals surface area contributed by atoms with Gasteiger partial charge in [0, 0.05) is 19.1 Å². The zero-order valence-corrected chi connectivity index (χ0v) is 14.3. The van der Waals surface area contributed by atoms with Crippen molar-refractivity contribution in [3.63, 3.8) is 0 Å². The van der Waals surface area contributed by atoms with E-state index in [-0.39, 0.29) is 0 Å². The van der Waals surface area contributed by atoms with Gasteiger partial charge in [0.15, 0.2) is 0 Å². The van der Waals surface area contributed by atoms with E-state index in [1.165, 1.54) is 70.6 Å². The molecular weight excluding hydrogens is 260 g/mol. The number of amides is 1. The smallest absolute Gasteiger partial charge is 0.236 e. The van der Waals surface area contributed by atoms with Gasteiger partial charge >= 0.3 is 0 Å². The highest BCUT2D eigenvalue weighted by Crippen LogP contribution is 2.12. The Labute approximate surface area is 131 Å². The van der Waals surface area contributed by atoms with Crippen molar-refractivity contribution in [3.8, 4) is 0 Å². The van der Waals surface area contributed by atoms with Gasteiger partial charge in [-0.1, -0.05) is 52.4 Å². The molecule has 0 aromatic heterocycles. The van der Waals surface area contributed by atoms with Crippen LogP contribution in [0.15, 0.2) is 0 Å². The third kappa shape index (κ3) is 8.45. The summed E-state index contributed by atoms with van der Waals surface area (Å²) < 4.78 is 0. The van der Waals surface area contributed by atoms with Crippen LogP contribution in [0, 0.1) is 0 Å². The van der Waals surface area contributed by atoms with E-state index in [9.17, 15) is 4.79 Å². The number of piperidine rings is 1. The number of hydrogen-bond acceptors (Lipinski definition) is 2. The Morgan fingerprint density at radius 2 is 1.52 bits per heavy atom. The minimum atomic E-state index is 0.311. The summed E-state index contributed by atoms with van der Waals surface area (Å²) in [6, 6.07) is 0.539. The molecule has 1 rings (SSSR count). The van der Waals surface area contributed by atoms with E-state index in [0.717, 1.165) is 13.1 Å². The summed E-state index contributed by atoms with van der Waals surface area (Å²) in [4.78, 5) is 14.3. The van der Waals surface area contributed by atoms with Crippen LogP contribution in [0.3, 0.4) is 0 Å². The molecule has 0 spiro atoms. The van der Waals surface area contributed by atoms with Gasteiger partial charge in [-0.25, -0.2) is 0 Å². The summed E-state index contributed by atoms with van der Waals surface area (Å²) in [5.74, 6) is 0.311. The second-order valence-electron chi connectivity index (χ2n) is 6.51. The lowest BCUT2D eigenvalue weighted by Crippen LogP contribution is -2.43. The summed E-state index contributed by atoms with van der Waals surface area (Å²) in [5.41, 5.74) is 0. The first kappa shape index (κ1) is 18.5. The van der Waals surface area contributed by atoms with Crippen molar-refractivity contribution < 1.29 is 4.79 Å². The highest BCUT2D eigenvalue weighted by atomic mass is 16.2. The zero-order valence-electron chi connectivity index (χ0n) is 14.3. The van der Waals surface area contributed by atoms with Crippen molar-refractivity contribution in [3.05, 3.63) is 0 Å². The number of carbonyl (C=O) groups is 1. The molecule has 1 fully saturated rings. The molecule has 1 aliphatic rings. The molecular formula is C18H36N2O. The van der Waals surface area contributed by atoms with Gasteiger partial charge in [-0.05, 0) is 32.1 Å². The van der Waals surface area contributed by atoms with E-state index in [4.69, 9.17) is 0 Å². The number of likely N-dealkylation sites (tertiary alicyclic amines) is 1. The molecule has 0 bridgehead atoms. The van der Waals surface area contributed by atoms with Crippen molar-refractivity contribution in [2.75, 3.05) is 19.6 Å². The molecule has 1 saturated heterocycles. The van der Waals surface area contributed by atoms with Gasteiger partial charge in [0.25, 0.3) is 0 Å². The third-order valence-corrected chi connectivity index (χ3v) is 4.56. The molecule has 0 radical (unpaired) electrons. The van der Waals surface area contributed by atoms with Crippen LogP contribution in [0.1, 0.15) is 84.5 Å². The summed E-state index contributed by atoms with van der Waals surface area (Å²) >= 11 is 0. The predicted octanol–water partition coefficient (Wildman–Crippen LogP) is 4.12. The van der Waals surface area contributed by atoms with Crippen LogP contribution in [-0.2, 0) is 4.79 Å². The molecule has 124 valence electrons. The quantitative estimate of drug-likeness (QED) is 0.582. The lowest BCUT2D eigenvalue weighted by molar-refractivity contribution is -0.131. The first-order chi connectivity index (χ1) is 10.3. The second-order valence-corrected chi connectivity index (χ2v) is 6.51. The molecule has 1 heterocycles. The van der Waals surface area contributed by atoms with E-state index in [1.807, 2.05) is 4.90 Å². The zero-order chi connectivity index (χ0) is 15.3. The highest BCUT2D eigenvalue weighted by Gasteiger charge is 2.17. The van der Waals surface area contributed by atoms with Crippen LogP contribution in [0.5, 0.6) is 0 Å². The molecule has 3 heteroatoms. The Kier molecular flexibility index (Phi) is 10.6. The Hall–Kier alpha value is -0.570. The number of nitrogens with zero attached hydrogens (tertiary/aromatic N) is 1. The predicted molar refractivity (Wildman–Crippen MR) is 90.5 cm³/mol. The van der Waals surface area contributed by atoms with E-state index in [2.05, 4.69) is 19.2 Å². The Morgan fingerprint density at radius 1 is 0.952 bits per heavy atom. The van der Waals surface area contributed by atoms with Crippen LogP contribution in [-0.4, -0.2) is 36.5 Å². The lowest BCUT2D eigenvalue weighted by Gasteiger charge is -2.28. The number of unbranched alkanes of at least 4 members (excludes halogenated alkanes) is 4. The van der Waals surface area contributed by atoms with Crippen LogP contribution in [0.2, 0.25) is 0 Å². The fraction of sp³-hybridized carbons (Fsp3) is 0.944.